The van der Waals surface area contributed by atoms with E-state index < -0.39 is 7.15 Å². The zero-order valence-corrected chi connectivity index (χ0v) is 28.0. The van der Waals surface area contributed by atoms with Crippen molar-refractivity contribution in [2.45, 2.75) is 103 Å². The molecule has 5 aliphatic carbocycles. The van der Waals surface area contributed by atoms with Crippen LogP contribution in [0.3, 0.4) is 0 Å². The lowest BCUT2D eigenvalue weighted by Crippen LogP contribution is -1.86. The van der Waals surface area contributed by atoms with E-state index in [2.05, 4.69) is 48.9 Å². The predicted molar refractivity (Wildman–Crippen MR) is 187 cm³/mol. The lowest BCUT2D eigenvalue weighted by molar-refractivity contribution is -0.108. The van der Waals surface area contributed by atoms with Gasteiger partial charge in [-0.1, -0.05) is 63.8 Å². The van der Waals surface area contributed by atoms with E-state index in [0.29, 0.717) is 40.5 Å². The van der Waals surface area contributed by atoms with Crippen LogP contribution in [-0.4, -0.2) is 67.6 Å². The van der Waals surface area contributed by atoms with Crippen molar-refractivity contribution in [3.63, 3.8) is 0 Å². The Morgan fingerprint density at radius 2 is 1.46 bits per heavy atom. The highest BCUT2D eigenvalue weighted by molar-refractivity contribution is 9.08. The van der Waals surface area contributed by atoms with Crippen LogP contribution >= 0.6 is 27.5 Å². The van der Waals surface area contributed by atoms with Gasteiger partial charge >= 0.3 is 0 Å². The third-order valence-corrected chi connectivity index (χ3v) is 7.19. The van der Waals surface area contributed by atoms with E-state index in [1.54, 1.807) is 6.21 Å². The fraction of sp³-hybridized carbons (Fsp3) is 0.656. The smallest absolute Gasteiger partial charge is 0.162 e. The highest BCUT2D eigenvalue weighted by atomic mass is 79.9. The SMILES string of the molecule is BrCc1cc(C2CC2)no1.C.C.C#CCO.NO.O/N=C(\Cl)C1CC1.O/N=C/C1CC1.O=CC1CC1.OCc1cc(C2CC2)no1.[2H]CF. The van der Waals surface area contributed by atoms with Crippen molar-refractivity contribution in [1.29, 1.82) is 0 Å². The normalized spacial score (nSPS) is 16.8. The van der Waals surface area contributed by atoms with Crippen LogP contribution in [0.2, 0.25) is 0 Å². The molecule has 2 aromatic rings. The molecule has 13 nitrogen and oxygen atoms in total. The standard InChI is InChI=1S/C7H8BrNO.C7H9NO2.C4H6ClNO.C4H7NO.C4H6O.C3H4O.CH3F.2CH4.H3NO/c8-4-6-3-7(9-10-6)5-1-2-5;9-4-6-3-7(8-10-6)5-1-2-5;5-4(6-7)3-1-2-3;6-5-3-4-1-2-4;5-3-4-1-2-4;1-2-3-4;1-2;;;1-2/h3,5H,1-2,4H2;3,5,9H,1-2,4H2;3,7H,1-2H2;3-4,6H,1-2H2;3-4H,1-2H2;1,4H,3H2;1H3;2*1H4;2H,1H2/b;;6-4-;5-3+;;;;;;/i;;;;;;1D;;;. The van der Waals surface area contributed by atoms with Crippen molar-refractivity contribution >= 4 is 45.2 Å². The average Bonchev–Trinajstić information content (AvgIpc) is 3.93. The van der Waals surface area contributed by atoms with E-state index in [9.17, 15) is 9.18 Å². The van der Waals surface area contributed by atoms with Crippen LogP contribution in [0.4, 0.5) is 4.39 Å². The number of aromatic nitrogens is 2. The largest absolute Gasteiger partial charge is 0.411 e. The van der Waals surface area contributed by atoms with Gasteiger partial charge in [-0.05, 0) is 70.1 Å². The van der Waals surface area contributed by atoms with Gasteiger partial charge in [0.05, 0.1) is 25.2 Å². The summed E-state index contributed by atoms with van der Waals surface area (Å²) in [5, 5.41) is 53.2. The third-order valence-electron chi connectivity index (χ3n) is 6.25. The molecule has 0 aromatic carbocycles. The lowest BCUT2D eigenvalue weighted by Gasteiger charge is -1.81. The van der Waals surface area contributed by atoms with Gasteiger partial charge in [-0.15, -0.1) is 11.6 Å². The van der Waals surface area contributed by atoms with Gasteiger partial charge in [0.25, 0.3) is 0 Å². The molecule has 7 rings (SSSR count). The summed E-state index contributed by atoms with van der Waals surface area (Å²) < 4.78 is 25.3. The molecule has 16 heteroatoms. The highest BCUT2D eigenvalue weighted by Crippen LogP contribution is 2.40. The first-order chi connectivity index (χ1) is 22.8. The number of nitrogens with zero attached hydrogens (tertiary/aromatic N) is 4. The summed E-state index contributed by atoms with van der Waals surface area (Å²) in [6, 6.07) is 3.87. The number of hydrogen-bond donors (Lipinski definition) is 6. The van der Waals surface area contributed by atoms with Crippen LogP contribution in [0.25, 0.3) is 0 Å². The summed E-state index contributed by atoms with van der Waals surface area (Å²) in [7, 11) is -1.00. The first-order valence-corrected chi connectivity index (χ1v) is 16.1. The molecule has 0 saturated heterocycles. The average molecular weight is 772 g/mol. The van der Waals surface area contributed by atoms with Crippen LogP contribution < -0.4 is 5.90 Å². The Balaban J connectivity index is -0.000000513. The van der Waals surface area contributed by atoms with Gasteiger partial charge < -0.3 is 39.7 Å². The number of nitrogens with two attached hydrogens (primary N) is 1. The van der Waals surface area contributed by atoms with Crippen LogP contribution in [0.5, 0.6) is 0 Å². The van der Waals surface area contributed by atoms with Crippen molar-refractivity contribution in [2.75, 3.05) is 13.8 Å². The number of halogens is 3. The number of rotatable bonds is 7. The van der Waals surface area contributed by atoms with Crippen LogP contribution in [0.15, 0.2) is 31.5 Å². The maximum atomic E-state index is 9.96. The van der Waals surface area contributed by atoms with Crippen molar-refractivity contribution in [2.24, 2.45) is 34.0 Å². The molecule has 48 heavy (non-hydrogen) atoms. The number of alkyl halides is 2. The summed E-state index contributed by atoms with van der Waals surface area (Å²) in [4.78, 5) is 9.57. The number of hydrogen-bond acceptors (Lipinski definition) is 13. The van der Waals surface area contributed by atoms with Gasteiger partial charge in [-0.25, -0.2) is 5.90 Å². The Bertz CT molecular complexity index is 1120. The minimum absolute atomic E-state index is 0. The zero-order valence-electron chi connectivity index (χ0n) is 26.6. The Morgan fingerprint density at radius 1 is 1.02 bits per heavy atom. The molecule has 2 heterocycles. The Hall–Kier alpha value is -2.87. The molecule has 2 aromatic heterocycles. The Morgan fingerprint density at radius 3 is 1.65 bits per heavy atom. The number of aliphatic hydroxyl groups excluding tert-OH is 2. The molecule has 0 amide bonds. The molecule has 5 saturated carbocycles. The third kappa shape index (κ3) is 26.1. The molecular weight excluding hydrogens is 717 g/mol. The van der Waals surface area contributed by atoms with Gasteiger partial charge in [0, 0.05) is 42.0 Å². The minimum Gasteiger partial charge on any atom is -0.411 e. The molecule has 0 atom stereocenters. The first kappa shape index (κ1) is 47.2. The number of carbonyl (C=O) groups excluding carboxylic acids is 1. The molecule has 0 spiro atoms. The maximum Gasteiger partial charge on any atom is 0.162 e. The Labute approximate surface area is 298 Å². The van der Waals surface area contributed by atoms with E-state index in [1.807, 2.05) is 18.1 Å². The fourth-order valence-corrected chi connectivity index (χ4v) is 3.40. The molecule has 5 aliphatic rings. The van der Waals surface area contributed by atoms with Gasteiger partial charge in [-0.2, -0.15) is 0 Å². The van der Waals surface area contributed by atoms with E-state index in [0.717, 1.165) is 54.4 Å². The summed E-state index contributed by atoms with van der Waals surface area (Å²) in [6.45, 7) is -0.195. The number of oxime groups is 2. The van der Waals surface area contributed by atoms with Gasteiger partial charge in [-0.3, -0.25) is 4.39 Å². The molecule has 0 bridgehead atoms. The number of aldehydes is 1. The zero-order chi connectivity index (χ0) is 35.5. The molecule has 0 unspecified atom stereocenters. The van der Waals surface area contributed by atoms with Crippen LogP contribution in [0.1, 0.15) is 115 Å². The minimum atomic E-state index is -1.00. The second-order valence-corrected chi connectivity index (χ2v) is 11.4. The second kappa shape index (κ2) is 31.4. The predicted octanol–water partition coefficient (Wildman–Crippen LogP) is 7.17. The summed E-state index contributed by atoms with van der Waals surface area (Å²) in [5.74, 6) is 9.75. The maximum absolute atomic E-state index is 9.96. The van der Waals surface area contributed by atoms with Crippen molar-refractivity contribution < 1.29 is 45.4 Å². The molecule has 5 fully saturated rings. The van der Waals surface area contributed by atoms with Crippen LogP contribution in [-0.2, 0) is 16.7 Å². The van der Waals surface area contributed by atoms with Crippen molar-refractivity contribution in [3.05, 3.63) is 35.0 Å². The number of aliphatic hydroxyl groups is 2. The monoisotopic (exact) mass is 770 g/mol. The van der Waals surface area contributed by atoms with E-state index in [1.165, 1.54) is 38.5 Å². The van der Waals surface area contributed by atoms with E-state index in [-0.39, 0.29) is 28.1 Å². The molecule has 276 valence electrons. The molecular formula is C32H54BrClFN5O8. The summed E-state index contributed by atoms with van der Waals surface area (Å²) >= 11 is 8.67. The second-order valence-electron chi connectivity index (χ2n) is 10.4. The topological polar surface area (TPSA) is 221 Å². The van der Waals surface area contributed by atoms with Crippen molar-refractivity contribution in [3.8, 4) is 12.3 Å². The lowest BCUT2D eigenvalue weighted by atomic mass is 10.3. The Kier molecular flexibility index (Phi) is 30.9. The van der Waals surface area contributed by atoms with Gasteiger partial charge in [0.2, 0.25) is 0 Å². The van der Waals surface area contributed by atoms with Gasteiger partial charge in [0.1, 0.15) is 30.4 Å². The van der Waals surface area contributed by atoms with E-state index in [4.69, 9.17) is 47.9 Å². The van der Waals surface area contributed by atoms with Crippen LogP contribution in [0, 0.1) is 30.1 Å². The van der Waals surface area contributed by atoms with Gasteiger partial charge in [0.15, 0.2) is 5.76 Å². The summed E-state index contributed by atoms with van der Waals surface area (Å²) in [6.07, 6.45) is 19.0. The number of terminal acetylenes is 1. The van der Waals surface area contributed by atoms with Crippen molar-refractivity contribution in [1.82, 2.24) is 10.3 Å². The molecule has 7 N–H and O–H groups in total. The quantitative estimate of drug-likeness (QED) is 0.0414. The highest BCUT2D eigenvalue weighted by Gasteiger charge is 2.28. The first-order valence-electron chi connectivity index (χ1n) is 15.3. The molecule has 0 radical (unpaired) electrons. The molecule has 0 aliphatic heterocycles. The van der Waals surface area contributed by atoms with E-state index >= 15 is 0 Å². The number of carbonyl (C=O) groups is 1. The fourth-order valence-electron chi connectivity index (χ4n) is 2.91. The summed E-state index contributed by atoms with van der Waals surface area (Å²) in [5.41, 5.74) is 2.14.